The Morgan fingerprint density at radius 2 is 1.40 bits per heavy atom. The molecule has 6 rings (SSSR count). The van der Waals surface area contributed by atoms with Crippen LogP contribution in [0, 0.1) is 0 Å². The summed E-state index contributed by atoms with van der Waals surface area (Å²) in [5.41, 5.74) is 19.1. The molecule has 0 amide bonds. The van der Waals surface area contributed by atoms with Crippen LogP contribution in [0.1, 0.15) is 5.56 Å². The number of aromatic nitrogens is 3. The van der Waals surface area contributed by atoms with Crippen LogP contribution in [-0.4, -0.2) is 15.0 Å². The van der Waals surface area contributed by atoms with Crippen molar-refractivity contribution in [3.63, 3.8) is 0 Å². The minimum Gasteiger partial charge on any atom is -0.489 e. The molecule has 0 aliphatic rings. The Hall–Kier alpha value is -5.14. The highest BCUT2D eigenvalue weighted by Gasteiger charge is 2.10. The number of pyridine rings is 1. The van der Waals surface area contributed by atoms with Crippen LogP contribution in [0.2, 0.25) is 5.02 Å². The topological polar surface area (TPSA) is 112 Å². The van der Waals surface area contributed by atoms with Crippen molar-refractivity contribution in [2.75, 3.05) is 16.8 Å². The van der Waals surface area contributed by atoms with Gasteiger partial charge in [0.15, 0.2) is 0 Å². The van der Waals surface area contributed by atoms with Crippen molar-refractivity contribution in [1.82, 2.24) is 15.0 Å². The van der Waals surface area contributed by atoms with Gasteiger partial charge in [0.1, 0.15) is 18.2 Å². The number of ether oxygens (including phenoxy) is 1. The summed E-state index contributed by atoms with van der Waals surface area (Å²) in [7, 11) is 0. The zero-order valence-electron chi connectivity index (χ0n) is 21.4. The van der Waals surface area contributed by atoms with E-state index in [1.54, 1.807) is 0 Å². The highest BCUT2D eigenvalue weighted by molar-refractivity contribution is 6.30. The van der Waals surface area contributed by atoms with Crippen LogP contribution in [0.25, 0.3) is 33.4 Å². The molecule has 5 N–H and O–H groups in total. The van der Waals surface area contributed by atoms with Gasteiger partial charge in [-0.3, -0.25) is 0 Å². The standard InChI is InChI=1S/C32H25ClN6O/c33-23-10-6-21(7-11-23)29-17-27(34)26-16-24(12-15-28(26)37-29)36-31-18-30(38-32(35)39-31)22-8-13-25(14-9-22)40-19-20-4-2-1-3-5-20/h1-18H,19H2,(H2,34,37)(H3,35,36,38,39). The molecule has 2 heterocycles. The molecule has 40 heavy (non-hydrogen) atoms. The van der Waals surface area contributed by atoms with Crippen LogP contribution in [0.5, 0.6) is 5.75 Å². The van der Waals surface area contributed by atoms with Crippen molar-refractivity contribution in [2.24, 2.45) is 0 Å². The van der Waals surface area contributed by atoms with Crippen molar-refractivity contribution in [1.29, 1.82) is 0 Å². The number of fused-ring (bicyclic) bond motifs is 1. The highest BCUT2D eigenvalue weighted by Crippen LogP contribution is 2.31. The maximum Gasteiger partial charge on any atom is 0.222 e. The average Bonchev–Trinajstić information content (AvgIpc) is 2.97. The van der Waals surface area contributed by atoms with Gasteiger partial charge < -0.3 is 21.5 Å². The van der Waals surface area contributed by atoms with E-state index in [0.29, 0.717) is 28.8 Å². The average molecular weight is 545 g/mol. The van der Waals surface area contributed by atoms with Crippen LogP contribution in [0.15, 0.2) is 109 Å². The summed E-state index contributed by atoms with van der Waals surface area (Å²) in [6.45, 7) is 0.503. The van der Waals surface area contributed by atoms with E-state index in [2.05, 4.69) is 15.3 Å². The number of rotatable bonds is 7. The monoisotopic (exact) mass is 544 g/mol. The molecule has 0 bridgehead atoms. The number of hydrogen-bond acceptors (Lipinski definition) is 7. The zero-order valence-corrected chi connectivity index (χ0v) is 22.1. The number of anilines is 4. The van der Waals surface area contributed by atoms with E-state index in [1.165, 1.54) is 0 Å². The number of halogens is 1. The fourth-order valence-corrected chi connectivity index (χ4v) is 4.51. The summed E-state index contributed by atoms with van der Waals surface area (Å²) in [6.07, 6.45) is 0. The first-order chi connectivity index (χ1) is 19.5. The molecule has 0 unspecified atom stereocenters. The van der Waals surface area contributed by atoms with Crippen molar-refractivity contribution in [3.05, 3.63) is 120 Å². The number of nitrogen functional groups attached to an aromatic ring is 2. The smallest absolute Gasteiger partial charge is 0.222 e. The van der Waals surface area contributed by atoms with Gasteiger partial charge in [0.05, 0.1) is 16.9 Å². The molecule has 0 atom stereocenters. The summed E-state index contributed by atoms with van der Waals surface area (Å²) < 4.78 is 5.90. The molecule has 196 valence electrons. The lowest BCUT2D eigenvalue weighted by molar-refractivity contribution is 0.306. The van der Waals surface area contributed by atoms with E-state index in [-0.39, 0.29) is 5.95 Å². The first-order valence-corrected chi connectivity index (χ1v) is 13.0. The van der Waals surface area contributed by atoms with Gasteiger partial charge in [-0.05, 0) is 66.2 Å². The summed E-state index contributed by atoms with van der Waals surface area (Å²) in [4.78, 5) is 13.6. The van der Waals surface area contributed by atoms with Crippen molar-refractivity contribution in [2.45, 2.75) is 6.61 Å². The molecule has 4 aromatic carbocycles. The van der Waals surface area contributed by atoms with Crippen LogP contribution < -0.4 is 21.5 Å². The second-order valence-corrected chi connectivity index (χ2v) is 9.69. The lowest BCUT2D eigenvalue weighted by atomic mass is 10.1. The summed E-state index contributed by atoms with van der Waals surface area (Å²) in [5, 5.41) is 4.83. The molecule has 0 radical (unpaired) electrons. The SMILES string of the molecule is Nc1nc(Nc2ccc3nc(-c4ccc(Cl)cc4)cc(N)c3c2)cc(-c2ccc(OCc3ccccc3)cc2)n1. The lowest BCUT2D eigenvalue weighted by Crippen LogP contribution is -2.02. The van der Waals surface area contributed by atoms with Crippen LogP contribution in [0.3, 0.4) is 0 Å². The number of benzene rings is 4. The molecule has 6 aromatic rings. The third-order valence-corrected chi connectivity index (χ3v) is 6.65. The first kappa shape index (κ1) is 25.2. The van der Waals surface area contributed by atoms with E-state index in [4.69, 9.17) is 32.8 Å². The molecular formula is C32H25ClN6O. The molecule has 0 spiro atoms. The molecule has 0 fully saturated rings. The number of nitrogens with one attached hydrogen (secondary N) is 1. The van der Waals surface area contributed by atoms with Gasteiger partial charge in [-0.1, -0.05) is 54.1 Å². The first-order valence-electron chi connectivity index (χ1n) is 12.7. The normalized spacial score (nSPS) is 10.9. The quantitative estimate of drug-likeness (QED) is 0.191. The van der Waals surface area contributed by atoms with E-state index < -0.39 is 0 Å². The third kappa shape index (κ3) is 5.65. The van der Waals surface area contributed by atoms with E-state index in [0.717, 1.165) is 44.7 Å². The van der Waals surface area contributed by atoms with Gasteiger partial charge in [-0.25, -0.2) is 9.97 Å². The van der Waals surface area contributed by atoms with Gasteiger partial charge in [0.25, 0.3) is 0 Å². The Labute approximate surface area is 236 Å². The van der Waals surface area contributed by atoms with E-state index in [9.17, 15) is 0 Å². The number of nitrogens with zero attached hydrogens (tertiary/aromatic N) is 3. The number of hydrogen-bond donors (Lipinski definition) is 3. The van der Waals surface area contributed by atoms with Gasteiger partial charge in [-0.2, -0.15) is 4.98 Å². The molecular weight excluding hydrogens is 520 g/mol. The Morgan fingerprint density at radius 3 is 2.15 bits per heavy atom. The Bertz CT molecular complexity index is 1790. The van der Waals surface area contributed by atoms with Crippen molar-refractivity contribution < 1.29 is 4.74 Å². The maximum atomic E-state index is 6.43. The Balaban J connectivity index is 1.21. The Kier molecular flexibility index (Phi) is 6.87. The molecule has 0 aliphatic carbocycles. The van der Waals surface area contributed by atoms with Gasteiger partial charge in [0, 0.05) is 39.0 Å². The number of nitrogens with two attached hydrogens (primary N) is 2. The predicted molar refractivity (Wildman–Crippen MR) is 163 cm³/mol. The lowest BCUT2D eigenvalue weighted by Gasteiger charge is -2.12. The fourth-order valence-electron chi connectivity index (χ4n) is 4.39. The van der Waals surface area contributed by atoms with Crippen LogP contribution >= 0.6 is 11.6 Å². The fraction of sp³-hybridized carbons (Fsp3) is 0.0312. The van der Waals surface area contributed by atoms with Gasteiger partial charge >= 0.3 is 0 Å². The van der Waals surface area contributed by atoms with Gasteiger partial charge in [-0.15, -0.1) is 0 Å². The molecule has 0 aliphatic heterocycles. The van der Waals surface area contributed by atoms with Crippen molar-refractivity contribution in [3.8, 4) is 28.3 Å². The Morgan fingerprint density at radius 1 is 0.700 bits per heavy atom. The predicted octanol–water partition coefficient (Wildman–Crippen LogP) is 7.50. The zero-order chi connectivity index (χ0) is 27.5. The molecule has 7 nitrogen and oxygen atoms in total. The second-order valence-electron chi connectivity index (χ2n) is 9.26. The molecule has 8 heteroatoms. The summed E-state index contributed by atoms with van der Waals surface area (Å²) in [6, 6.07) is 34.8. The third-order valence-electron chi connectivity index (χ3n) is 6.39. The largest absolute Gasteiger partial charge is 0.489 e. The maximum absolute atomic E-state index is 6.43. The van der Waals surface area contributed by atoms with Crippen LogP contribution in [0.4, 0.5) is 23.1 Å². The van der Waals surface area contributed by atoms with Crippen molar-refractivity contribution >= 4 is 45.6 Å². The highest BCUT2D eigenvalue weighted by atomic mass is 35.5. The molecule has 2 aromatic heterocycles. The van der Waals surface area contributed by atoms with Crippen LogP contribution in [-0.2, 0) is 6.61 Å². The minimum absolute atomic E-state index is 0.166. The second kappa shape index (κ2) is 10.9. The molecule has 0 saturated carbocycles. The summed E-state index contributed by atoms with van der Waals surface area (Å²) >= 11 is 6.03. The van der Waals surface area contributed by atoms with E-state index >= 15 is 0 Å². The van der Waals surface area contributed by atoms with Gasteiger partial charge in [0.2, 0.25) is 5.95 Å². The summed E-state index contributed by atoms with van der Waals surface area (Å²) in [5.74, 6) is 1.50. The van der Waals surface area contributed by atoms with E-state index in [1.807, 2.05) is 109 Å². The minimum atomic E-state index is 0.166. The molecule has 0 saturated heterocycles.